The minimum Gasteiger partial charge on any atom is -0.206 e. The summed E-state index contributed by atoms with van der Waals surface area (Å²) >= 11 is 4.45. The van der Waals surface area contributed by atoms with Gasteiger partial charge in [-0.2, -0.15) is 11.8 Å². The first-order valence-electron chi connectivity index (χ1n) is 3.18. The molecule has 0 aromatic rings. The molecule has 4 heteroatoms. The highest BCUT2D eigenvalue weighted by Gasteiger charge is 2.39. The fraction of sp³-hybridized carbons (Fsp3) is 1.00. The van der Waals surface area contributed by atoms with Crippen LogP contribution < -0.4 is 0 Å². The Kier molecular flexibility index (Phi) is 2.98. The van der Waals surface area contributed by atoms with Gasteiger partial charge in [-0.3, -0.25) is 0 Å². The minimum absolute atomic E-state index is 0.189. The van der Waals surface area contributed by atoms with E-state index in [9.17, 15) is 8.78 Å². The lowest BCUT2D eigenvalue weighted by molar-refractivity contribution is -0.0227. The quantitative estimate of drug-likeness (QED) is 0.658. The van der Waals surface area contributed by atoms with Gasteiger partial charge >= 0.3 is 0 Å². The smallest absolute Gasteiger partial charge is 0.206 e. The molecule has 1 heterocycles. The third kappa shape index (κ3) is 1.84. The molecule has 1 rings (SSSR count). The fourth-order valence-electron chi connectivity index (χ4n) is 0.977. The average molecular weight is 231 g/mol. The molecule has 1 unspecified atom stereocenters. The van der Waals surface area contributed by atoms with Crippen molar-refractivity contribution in [3.8, 4) is 0 Å². The number of alkyl halides is 3. The van der Waals surface area contributed by atoms with Crippen molar-refractivity contribution in [1.82, 2.24) is 0 Å². The van der Waals surface area contributed by atoms with E-state index in [-0.39, 0.29) is 5.33 Å². The second-order valence-electron chi connectivity index (χ2n) is 2.46. The van der Waals surface area contributed by atoms with Gasteiger partial charge in [-0.1, -0.05) is 15.9 Å². The van der Waals surface area contributed by atoms with Gasteiger partial charge in [0.05, 0.1) is 5.33 Å². The van der Waals surface area contributed by atoms with Crippen LogP contribution in [0.3, 0.4) is 0 Å². The maximum Gasteiger partial charge on any atom is 0.261 e. The van der Waals surface area contributed by atoms with Crippen LogP contribution >= 0.6 is 27.7 Å². The SMILES string of the molecule is FC(F)(CBr)C1CCSC1. The van der Waals surface area contributed by atoms with Gasteiger partial charge in [-0.25, -0.2) is 8.78 Å². The summed E-state index contributed by atoms with van der Waals surface area (Å²) in [4.78, 5) is 0. The van der Waals surface area contributed by atoms with Gasteiger partial charge in [-0.15, -0.1) is 0 Å². The molecule has 0 aliphatic carbocycles. The second kappa shape index (κ2) is 3.39. The molecule has 0 bridgehead atoms. The number of rotatable bonds is 2. The van der Waals surface area contributed by atoms with Crippen LogP contribution in [0.2, 0.25) is 0 Å². The van der Waals surface area contributed by atoms with E-state index < -0.39 is 11.8 Å². The predicted octanol–water partition coefficient (Wildman–Crippen LogP) is 2.77. The van der Waals surface area contributed by atoms with Crippen LogP contribution in [0.15, 0.2) is 0 Å². The molecule has 0 amide bonds. The topological polar surface area (TPSA) is 0 Å². The van der Waals surface area contributed by atoms with Crippen LogP contribution in [0.25, 0.3) is 0 Å². The third-order valence-corrected chi connectivity index (χ3v) is 3.62. The number of thioether (sulfide) groups is 1. The van der Waals surface area contributed by atoms with Crippen LogP contribution in [0, 0.1) is 5.92 Å². The summed E-state index contributed by atoms with van der Waals surface area (Å²) in [6.45, 7) is 0. The normalized spacial score (nSPS) is 27.3. The van der Waals surface area contributed by atoms with Gasteiger partial charge in [-0.05, 0) is 12.2 Å². The standard InChI is InChI=1S/C6H9BrF2S/c7-4-6(8,9)5-1-2-10-3-5/h5H,1-4H2. The van der Waals surface area contributed by atoms with E-state index >= 15 is 0 Å². The zero-order chi connectivity index (χ0) is 7.61. The van der Waals surface area contributed by atoms with Crippen LogP contribution in [-0.4, -0.2) is 22.8 Å². The van der Waals surface area contributed by atoms with Crippen molar-refractivity contribution in [2.45, 2.75) is 12.3 Å². The van der Waals surface area contributed by atoms with Crippen molar-refractivity contribution in [2.75, 3.05) is 16.8 Å². The largest absolute Gasteiger partial charge is 0.261 e. The first-order valence-corrected chi connectivity index (χ1v) is 5.46. The fourth-order valence-corrected chi connectivity index (χ4v) is 2.75. The van der Waals surface area contributed by atoms with Gasteiger partial charge in [0, 0.05) is 11.7 Å². The summed E-state index contributed by atoms with van der Waals surface area (Å²) in [5, 5.41) is -0.189. The van der Waals surface area contributed by atoms with Crippen molar-refractivity contribution in [1.29, 1.82) is 0 Å². The number of hydrogen-bond acceptors (Lipinski definition) is 1. The van der Waals surface area contributed by atoms with E-state index in [1.54, 1.807) is 11.8 Å². The van der Waals surface area contributed by atoms with Crippen LogP contribution in [0.1, 0.15) is 6.42 Å². The molecule has 10 heavy (non-hydrogen) atoms. The Morgan fingerprint density at radius 2 is 2.30 bits per heavy atom. The Morgan fingerprint density at radius 1 is 1.60 bits per heavy atom. The first kappa shape index (κ1) is 8.78. The van der Waals surface area contributed by atoms with Crippen LogP contribution in [0.5, 0.6) is 0 Å². The van der Waals surface area contributed by atoms with E-state index in [0.717, 1.165) is 5.75 Å². The summed E-state index contributed by atoms with van der Waals surface area (Å²) < 4.78 is 25.6. The van der Waals surface area contributed by atoms with Gasteiger partial charge in [0.15, 0.2) is 0 Å². The van der Waals surface area contributed by atoms with E-state index in [4.69, 9.17) is 0 Å². The number of hydrogen-bond donors (Lipinski definition) is 0. The second-order valence-corrected chi connectivity index (χ2v) is 4.17. The van der Waals surface area contributed by atoms with Gasteiger partial charge < -0.3 is 0 Å². The lowest BCUT2D eigenvalue weighted by Gasteiger charge is -2.19. The summed E-state index contributed by atoms with van der Waals surface area (Å²) in [6, 6.07) is 0. The Morgan fingerprint density at radius 3 is 2.70 bits per heavy atom. The molecular formula is C6H9BrF2S. The molecule has 0 nitrogen and oxygen atoms in total. The Bertz CT molecular complexity index is 112. The molecule has 0 aromatic heterocycles. The molecule has 1 fully saturated rings. The van der Waals surface area contributed by atoms with Crippen molar-refractivity contribution in [3.63, 3.8) is 0 Å². The molecule has 0 spiro atoms. The van der Waals surface area contributed by atoms with Gasteiger partial charge in [0.25, 0.3) is 5.92 Å². The summed E-state index contributed by atoms with van der Waals surface area (Å²) in [5.74, 6) is -1.35. The molecule has 0 radical (unpaired) electrons. The summed E-state index contributed by atoms with van der Waals surface area (Å²) in [6.07, 6.45) is 0.670. The van der Waals surface area contributed by atoms with Gasteiger partial charge in [0.1, 0.15) is 0 Å². The Balaban J connectivity index is 2.45. The van der Waals surface area contributed by atoms with E-state index in [0.29, 0.717) is 12.2 Å². The van der Waals surface area contributed by atoms with Crippen LogP contribution in [-0.2, 0) is 0 Å². The van der Waals surface area contributed by atoms with E-state index in [2.05, 4.69) is 15.9 Å². The molecule has 1 aliphatic rings. The lowest BCUT2D eigenvalue weighted by atomic mass is 10.0. The molecule has 1 saturated heterocycles. The van der Waals surface area contributed by atoms with E-state index in [1.807, 2.05) is 0 Å². The molecule has 0 saturated carbocycles. The molecule has 60 valence electrons. The van der Waals surface area contributed by atoms with Gasteiger partial charge in [0.2, 0.25) is 0 Å². The summed E-state index contributed by atoms with van der Waals surface area (Å²) in [7, 11) is 0. The zero-order valence-corrected chi connectivity index (χ0v) is 7.85. The third-order valence-electron chi connectivity index (χ3n) is 1.71. The molecule has 1 atom stereocenters. The maximum absolute atomic E-state index is 12.8. The molecule has 0 aromatic carbocycles. The van der Waals surface area contributed by atoms with Crippen LogP contribution in [0.4, 0.5) is 8.78 Å². The van der Waals surface area contributed by atoms with Crippen molar-refractivity contribution >= 4 is 27.7 Å². The summed E-state index contributed by atoms with van der Waals surface area (Å²) in [5.41, 5.74) is 0. The molecule has 0 N–H and O–H groups in total. The molecular weight excluding hydrogens is 222 g/mol. The zero-order valence-electron chi connectivity index (χ0n) is 5.45. The number of halogens is 3. The predicted molar refractivity (Wildman–Crippen MR) is 44.2 cm³/mol. The highest BCUT2D eigenvalue weighted by atomic mass is 79.9. The molecule has 1 aliphatic heterocycles. The first-order chi connectivity index (χ1) is 4.67. The Labute approximate surface area is 71.9 Å². The minimum atomic E-state index is -2.48. The van der Waals surface area contributed by atoms with Crippen molar-refractivity contribution < 1.29 is 8.78 Å². The monoisotopic (exact) mass is 230 g/mol. The Hall–Kier alpha value is 0.690. The lowest BCUT2D eigenvalue weighted by Crippen LogP contribution is -2.29. The van der Waals surface area contributed by atoms with E-state index in [1.165, 1.54) is 0 Å². The highest BCUT2D eigenvalue weighted by molar-refractivity contribution is 9.09. The highest BCUT2D eigenvalue weighted by Crippen LogP contribution is 2.37. The van der Waals surface area contributed by atoms with Crippen molar-refractivity contribution in [2.24, 2.45) is 5.92 Å². The maximum atomic E-state index is 12.8. The average Bonchev–Trinajstić information content (AvgIpc) is 2.38. The van der Waals surface area contributed by atoms with Crippen molar-refractivity contribution in [3.05, 3.63) is 0 Å².